The van der Waals surface area contributed by atoms with Gasteiger partial charge in [-0.1, -0.05) is 54.6 Å². The normalized spacial score (nSPS) is 10.5. The Morgan fingerprint density at radius 2 is 1.33 bits per heavy atom. The van der Waals surface area contributed by atoms with Crippen LogP contribution in [-0.2, 0) is 0 Å². The summed E-state index contributed by atoms with van der Waals surface area (Å²) in [6.07, 6.45) is 0.859. The van der Waals surface area contributed by atoms with Gasteiger partial charge in [0.05, 0.1) is 13.2 Å². The van der Waals surface area contributed by atoms with Gasteiger partial charge in [0.25, 0.3) is 0 Å². The lowest BCUT2D eigenvalue weighted by atomic mass is 10.1. The van der Waals surface area contributed by atoms with E-state index in [0.717, 1.165) is 23.3 Å². The molecule has 3 rings (SSSR count). The molecular formula is C19H18O2. The summed E-state index contributed by atoms with van der Waals surface area (Å²) < 4.78 is 11.5. The molecule has 0 bridgehead atoms. The molecule has 2 heteroatoms. The number of benzene rings is 3. The van der Waals surface area contributed by atoms with Crippen molar-refractivity contribution >= 4 is 10.8 Å². The SMILES string of the molecule is c1ccc(OCCCOc2cccc3ccccc23)cc1. The van der Waals surface area contributed by atoms with E-state index < -0.39 is 0 Å². The molecule has 0 atom stereocenters. The number of para-hydroxylation sites is 1. The van der Waals surface area contributed by atoms with Crippen molar-refractivity contribution in [3.63, 3.8) is 0 Å². The molecule has 106 valence electrons. The molecule has 0 amide bonds. The van der Waals surface area contributed by atoms with E-state index in [2.05, 4.69) is 18.2 Å². The number of hydrogen-bond donors (Lipinski definition) is 0. The first kappa shape index (κ1) is 13.5. The first-order valence-corrected chi connectivity index (χ1v) is 7.22. The molecule has 3 aromatic carbocycles. The summed E-state index contributed by atoms with van der Waals surface area (Å²) in [7, 11) is 0. The van der Waals surface area contributed by atoms with Crippen LogP contribution in [0, 0.1) is 0 Å². The maximum atomic E-state index is 5.88. The van der Waals surface area contributed by atoms with Crippen molar-refractivity contribution in [1.29, 1.82) is 0 Å². The largest absolute Gasteiger partial charge is 0.493 e. The lowest BCUT2D eigenvalue weighted by Crippen LogP contribution is -2.05. The third-order valence-electron chi connectivity index (χ3n) is 3.31. The summed E-state index contributed by atoms with van der Waals surface area (Å²) in [5.41, 5.74) is 0. The first-order valence-electron chi connectivity index (χ1n) is 7.22. The van der Waals surface area contributed by atoms with Gasteiger partial charge in [-0.2, -0.15) is 0 Å². The van der Waals surface area contributed by atoms with E-state index in [1.165, 1.54) is 5.39 Å². The molecule has 0 saturated heterocycles. The summed E-state index contributed by atoms with van der Waals surface area (Å²) in [5.74, 6) is 1.84. The van der Waals surface area contributed by atoms with Crippen molar-refractivity contribution in [2.24, 2.45) is 0 Å². The first-order chi connectivity index (χ1) is 10.4. The predicted molar refractivity (Wildman–Crippen MR) is 86.0 cm³/mol. The molecule has 3 aromatic rings. The quantitative estimate of drug-likeness (QED) is 0.609. The average Bonchev–Trinajstić information content (AvgIpc) is 2.56. The number of rotatable bonds is 6. The van der Waals surface area contributed by atoms with Crippen LogP contribution in [0.15, 0.2) is 72.8 Å². The highest BCUT2D eigenvalue weighted by Gasteiger charge is 2.00. The Labute approximate surface area is 124 Å². The van der Waals surface area contributed by atoms with E-state index >= 15 is 0 Å². The Hall–Kier alpha value is -2.48. The highest BCUT2D eigenvalue weighted by atomic mass is 16.5. The lowest BCUT2D eigenvalue weighted by Gasteiger charge is -2.10. The van der Waals surface area contributed by atoms with Crippen molar-refractivity contribution < 1.29 is 9.47 Å². The van der Waals surface area contributed by atoms with Gasteiger partial charge in [-0.25, -0.2) is 0 Å². The summed E-state index contributed by atoms with van der Waals surface area (Å²) >= 11 is 0. The van der Waals surface area contributed by atoms with Crippen LogP contribution in [0.2, 0.25) is 0 Å². The fourth-order valence-corrected chi connectivity index (χ4v) is 2.27. The molecule has 0 radical (unpaired) electrons. The molecular weight excluding hydrogens is 260 g/mol. The smallest absolute Gasteiger partial charge is 0.127 e. The summed E-state index contributed by atoms with van der Waals surface area (Å²) in [5, 5.41) is 2.36. The van der Waals surface area contributed by atoms with E-state index in [1.54, 1.807) is 0 Å². The van der Waals surface area contributed by atoms with Crippen molar-refractivity contribution in [2.75, 3.05) is 13.2 Å². The Balaban J connectivity index is 1.51. The third-order valence-corrected chi connectivity index (χ3v) is 3.31. The van der Waals surface area contributed by atoms with Crippen LogP contribution in [0.4, 0.5) is 0 Å². The molecule has 0 saturated carbocycles. The molecule has 0 unspecified atom stereocenters. The molecule has 0 heterocycles. The van der Waals surface area contributed by atoms with Gasteiger partial charge in [-0.05, 0) is 23.6 Å². The molecule has 0 aliphatic carbocycles. The minimum absolute atomic E-state index is 0.654. The second-order valence-electron chi connectivity index (χ2n) is 4.84. The Bertz CT molecular complexity index is 687. The standard InChI is InChI=1S/C19H18O2/c1-2-10-17(11-3-1)20-14-7-15-21-19-13-6-9-16-8-4-5-12-18(16)19/h1-6,8-13H,7,14-15H2. The molecule has 0 fully saturated rings. The summed E-state index contributed by atoms with van der Waals surface area (Å²) in [4.78, 5) is 0. The van der Waals surface area contributed by atoms with Crippen molar-refractivity contribution in [3.05, 3.63) is 72.8 Å². The topological polar surface area (TPSA) is 18.5 Å². The predicted octanol–water partition coefficient (Wildman–Crippen LogP) is 4.69. The number of hydrogen-bond acceptors (Lipinski definition) is 2. The zero-order valence-electron chi connectivity index (χ0n) is 11.9. The highest BCUT2D eigenvalue weighted by Crippen LogP contribution is 2.25. The number of fused-ring (bicyclic) bond motifs is 1. The fraction of sp³-hybridized carbons (Fsp3) is 0.158. The molecule has 0 spiro atoms. The number of ether oxygens (including phenoxy) is 2. The Kier molecular flexibility index (Phi) is 4.37. The zero-order valence-corrected chi connectivity index (χ0v) is 11.9. The van der Waals surface area contributed by atoms with Crippen LogP contribution < -0.4 is 9.47 Å². The van der Waals surface area contributed by atoms with E-state index in [1.807, 2.05) is 54.6 Å². The van der Waals surface area contributed by atoms with Gasteiger partial charge in [0.2, 0.25) is 0 Å². The highest BCUT2D eigenvalue weighted by molar-refractivity contribution is 5.88. The van der Waals surface area contributed by atoms with Crippen LogP contribution in [0.25, 0.3) is 10.8 Å². The zero-order chi connectivity index (χ0) is 14.3. The summed E-state index contributed by atoms with van der Waals surface area (Å²) in [6.45, 7) is 1.32. The lowest BCUT2D eigenvalue weighted by molar-refractivity contribution is 0.249. The minimum atomic E-state index is 0.654. The van der Waals surface area contributed by atoms with Crippen LogP contribution in [0.3, 0.4) is 0 Å². The minimum Gasteiger partial charge on any atom is -0.493 e. The van der Waals surface area contributed by atoms with Gasteiger partial charge >= 0.3 is 0 Å². The molecule has 0 N–H and O–H groups in total. The molecule has 0 aromatic heterocycles. The van der Waals surface area contributed by atoms with Crippen molar-refractivity contribution in [1.82, 2.24) is 0 Å². The second kappa shape index (κ2) is 6.80. The Morgan fingerprint density at radius 3 is 2.24 bits per heavy atom. The van der Waals surface area contributed by atoms with Crippen LogP contribution in [-0.4, -0.2) is 13.2 Å². The van der Waals surface area contributed by atoms with Crippen LogP contribution in [0.5, 0.6) is 11.5 Å². The second-order valence-corrected chi connectivity index (χ2v) is 4.84. The van der Waals surface area contributed by atoms with Gasteiger partial charge in [-0.15, -0.1) is 0 Å². The monoisotopic (exact) mass is 278 g/mol. The van der Waals surface area contributed by atoms with Gasteiger partial charge < -0.3 is 9.47 Å². The van der Waals surface area contributed by atoms with Crippen molar-refractivity contribution in [3.8, 4) is 11.5 Å². The fourth-order valence-electron chi connectivity index (χ4n) is 2.27. The van der Waals surface area contributed by atoms with Gasteiger partial charge in [0.15, 0.2) is 0 Å². The molecule has 21 heavy (non-hydrogen) atoms. The molecule has 0 aliphatic heterocycles. The summed E-state index contributed by atoms with van der Waals surface area (Å²) in [6, 6.07) is 24.3. The van der Waals surface area contributed by atoms with Crippen LogP contribution >= 0.6 is 0 Å². The van der Waals surface area contributed by atoms with Gasteiger partial charge in [0.1, 0.15) is 11.5 Å². The van der Waals surface area contributed by atoms with Gasteiger partial charge in [-0.3, -0.25) is 0 Å². The van der Waals surface area contributed by atoms with E-state index in [0.29, 0.717) is 13.2 Å². The maximum Gasteiger partial charge on any atom is 0.127 e. The van der Waals surface area contributed by atoms with E-state index in [-0.39, 0.29) is 0 Å². The Morgan fingerprint density at radius 1 is 0.619 bits per heavy atom. The third kappa shape index (κ3) is 3.54. The molecule has 0 aliphatic rings. The van der Waals surface area contributed by atoms with Crippen LogP contribution in [0.1, 0.15) is 6.42 Å². The van der Waals surface area contributed by atoms with Crippen molar-refractivity contribution in [2.45, 2.75) is 6.42 Å². The van der Waals surface area contributed by atoms with E-state index in [9.17, 15) is 0 Å². The molecule has 2 nitrogen and oxygen atoms in total. The van der Waals surface area contributed by atoms with Gasteiger partial charge in [0, 0.05) is 11.8 Å². The van der Waals surface area contributed by atoms with E-state index in [4.69, 9.17) is 9.47 Å². The maximum absolute atomic E-state index is 5.88. The average molecular weight is 278 g/mol.